The largest absolute Gasteiger partial charge is 0.481 e. The van der Waals surface area contributed by atoms with Gasteiger partial charge in [0.2, 0.25) is 29.5 Å². The number of nitrogens with one attached hydrogen (secondary N) is 2. The number of rotatable bonds is 41. The highest BCUT2D eigenvalue weighted by Crippen LogP contribution is 2.32. The molecule has 492 valence electrons. The third-order valence-electron chi connectivity index (χ3n) is 17.2. The number of likely N-dealkylation sites (tertiary alicyclic amines) is 2. The van der Waals surface area contributed by atoms with Crippen molar-refractivity contribution in [1.82, 2.24) is 24.9 Å². The van der Waals surface area contributed by atoms with Crippen molar-refractivity contribution >= 4 is 58.5 Å². The lowest BCUT2D eigenvalue weighted by molar-refractivity contribution is -0.149. The Morgan fingerprint density at radius 1 is 0.736 bits per heavy atom. The number of amides is 5. The highest BCUT2D eigenvalue weighted by molar-refractivity contribution is 5.95. The molecule has 2 saturated heterocycles. The first kappa shape index (κ1) is 75.8. The van der Waals surface area contributed by atoms with Gasteiger partial charge in [-0.15, -0.1) is 0 Å². The predicted molar refractivity (Wildman–Crippen MR) is 333 cm³/mol. The average molecular weight is 1230 g/mol. The Bertz CT molecular complexity index is 2360. The van der Waals surface area contributed by atoms with E-state index in [4.69, 9.17) is 28.8 Å². The van der Waals surface area contributed by atoms with Gasteiger partial charge < -0.3 is 54.1 Å². The van der Waals surface area contributed by atoms with Gasteiger partial charge in [-0.25, -0.2) is 0 Å². The van der Waals surface area contributed by atoms with Gasteiger partial charge >= 0.3 is 5.97 Å². The number of carbonyl (C=O) groups is 9. The second-order valence-electron chi connectivity index (χ2n) is 25.4. The molecule has 2 fully saturated rings. The van der Waals surface area contributed by atoms with Gasteiger partial charge in [0.25, 0.3) is 0 Å². The first-order valence-electron chi connectivity index (χ1n) is 31.6. The molecule has 0 spiro atoms. The number of anilines is 1. The summed E-state index contributed by atoms with van der Waals surface area (Å²) in [7, 11) is 8.64. The molecule has 21 heteroatoms. The molecule has 0 aromatic heterocycles. The first-order valence-corrected chi connectivity index (χ1v) is 31.6. The summed E-state index contributed by atoms with van der Waals surface area (Å²) in [6.45, 7) is 21.7. The van der Waals surface area contributed by atoms with E-state index in [9.17, 15) is 43.2 Å². The number of ketones is 3. The van der Waals surface area contributed by atoms with Crippen LogP contribution in [0.25, 0.3) is 0 Å². The number of hydrogen-bond acceptors (Lipinski definition) is 15. The molecule has 3 rings (SSSR count). The van der Waals surface area contributed by atoms with E-state index in [1.165, 1.54) is 6.08 Å². The number of carboxylic acids is 1. The topological polar surface area (TPSA) is 257 Å². The average Bonchev–Trinajstić information content (AvgIpc) is 3.07. The first-order chi connectivity index (χ1) is 41.1. The van der Waals surface area contributed by atoms with Gasteiger partial charge in [0.1, 0.15) is 12.4 Å². The van der Waals surface area contributed by atoms with Gasteiger partial charge in [0.05, 0.1) is 88.0 Å². The van der Waals surface area contributed by atoms with Crippen molar-refractivity contribution in [3.63, 3.8) is 0 Å². The van der Waals surface area contributed by atoms with Crippen LogP contribution in [0, 0.1) is 47.3 Å². The van der Waals surface area contributed by atoms with Crippen LogP contribution in [0.5, 0.6) is 0 Å². The van der Waals surface area contributed by atoms with Crippen molar-refractivity contribution in [3.05, 3.63) is 42.0 Å². The molecule has 0 bridgehead atoms. The van der Waals surface area contributed by atoms with E-state index in [1.807, 2.05) is 67.5 Å². The van der Waals surface area contributed by atoms with Crippen LogP contribution in [-0.4, -0.2) is 202 Å². The Morgan fingerprint density at radius 2 is 1.37 bits per heavy atom. The molecule has 10 atom stereocenters. The van der Waals surface area contributed by atoms with Crippen LogP contribution in [0.2, 0.25) is 0 Å². The monoisotopic (exact) mass is 1220 g/mol. The number of nitrogens with zero attached hydrogens (tertiary/aromatic N) is 4. The maximum atomic E-state index is 14.5. The third-order valence-corrected chi connectivity index (χ3v) is 17.2. The van der Waals surface area contributed by atoms with Gasteiger partial charge in [0, 0.05) is 83.7 Å². The van der Waals surface area contributed by atoms with Crippen molar-refractivity contribution in [2.45, 2.75) is 183 Å². The fourth-order valence-corrected chi connectivity index (χ4v) is 12.0. The SMILES string of the molecule is CC[C@H](C)[C@@H]([C@@H](CC(=O)N1CCC[C@H]1[C@H](OC)[C@@H](C)C(=O)N[C@H](/C=C/C(=O)COCc1ccc(NC(=O)[C@@H](C)CC(=O)CCOCCOCCC(=O)N2CCC(C(=O)O)CC2)cc1)CC(C)C)OC)N(C)C(=O)[C@@H](CC(=O)[C@H](C(C)C)N(C)C)C(C)C. The molecule has 0 radical (unpaired) electrons. The number of Topliss-reactive ketones (excluding diaryl/α,β-unsaturated/α-hetero) is 2. The van der Waals surface area contributed by atoms with Crippen LogP contribution >= 0.6 is 0 Å². The number of piperidine rings is 1. The highest BCUT2D eigenvalue weighted by Gasteiger charge is 2.43. The summed E-state index contributed by atoms with van der Waals surface area (Å²) in [5.41, 5.74) is 1.31. The quantitative estimate of drug-likeness (QED) is 0.0430. The van der Waals surface area contributed by atoms with Gasteiger partial charge in [-0.2, -0.15) is 0 Å². The lowest BCUT2D eigenvalue weighted by Gasteiger charge is -2.41. The van der Waals surface area contributed by atoms with Gasteiger partial charge in [-0.1, -0.05) is 93.9 Å². The molecule has 3 N–H and O–H groups in total. The number of ether oxygens (including phenoxy) is 5. The van der Waals surface area contributed by atoms with Crippen LogP contribution in [0.1, 0.15) is 145 Å². The molecule has 0 unspecified atom stereocenters. The van der Waals surface area contributed by atoms with Crippen molar-refractivity contribution < 1.29 is 71.9 Å². The fourth-order valence-electron chi connectivity index (χ4n) is 12.0. The van der Waals surface area contributed by atoms with E-state index in [-0.39, 0.29) is 148 Å². The number of benzene rings is 1. The van der Waals surface area contributed by atoms with Crippen LogP contribution < -0.4 is 10.6 Å². The van der Waals surface area contributed by atoms with Crippen molar-refractivity contribution in [2.24, 2.45) is 47.3 Å². The molecule has 0 saturated carbocycles. The molecular formula is C66H108N6O15. The third kappa shape index (κ3) is 25.2. The summed E-state index contributed by atoms with van der Waals surface area (Å²) in [5.74, 6) is -4.27. The molecule has 1 aromatic rings. The summed E-state index contributed by atoms with van der Waals surface area (Å²) in [6.07, 6.45) is 5.85. The van der Waals surface area contributed by atoms with E-state index in [0.29, 0.717) is 51.0 Å². The van der Waals surface area contributed by atoms with Crippen molar-refractivity contribution in [2.75, 3.05) is 93.3 Å². The molecule has 2 heterocycles. The van der Waals surface area contributed by atoms with Crippen molar-refractivity contribution in [3.8, 4) is 0 Å². The Kier molecular flexibility index (Phi) is 33.8. The Balaban J connectivity index is 1.48. The zero-order chi connectivity index (χ0) is 65.1. The smallest absolute Gasteiger partial charge is 0.306 e. The Morgan fingerprint density at radius 3 is 1.92 bits per heavy atom. The van der Waals surface area contributed by atoms with Crippen LogP contribution in [-0.2, 0) is 73.4 Å². The van der Waals surface area contributed by atoms with Gasteiger partial charge in [-0.3, -0.25) is 48.1 Å². The minimum Gasteiger partial charge on any atom is -0.481 e. The fraction of sp³-hybridized carbons (Fsp3) is 0.742. The molecule has 0 aliphatic carbocycles. The minimum absolute atomic E-state index is 0.00408. The van der Waals surface area contributed by atoms with Crippen LogP contribution in [0.15, 0.2) is 36.4 Å². The summed E-state index contributed by atoms with van der Waals surface area (Å²) in [5, 5.41) is 15.1. The normalized spacial score (nSPS) is 18.1. The summed E-state index contributed by atoms with van der Waals surface area (Å²) < 4.78 is 28.9. The molecule has 2 aliphatic rings. The molecule has 2 aliphatic heterocycles. The molecular weight excluding hydrogens is 1120 g/mol. The second-order valence-corrected chi connectivity index (χ2v) is 25.4. The van der Waals surface area contributed by atoms with E-state index in [0.717, 1.165) is 18.4 Å². The Labute approximate surface area is 519 Å². The maximum absolute atomic E-state index is 14.5. The van der Waals surface area contributed by atoms with Gasteiger partial charge in [0.15, 0.2) is 11.6 Å². The number of carbonyl (C=O) groups excluding carboxylic acids is 8. The predicted octanol–water partition coefficient (Wildman–Crippen LogP) is 7.27. The van der Waals surface area contributed by atoms with Gasteiger partial charge in [-0.05, 0) is 93.6 Å². The number of hydrogen-bond donors (Lipinski definition) is 3. The molecule has 1 aromatic carbocycles. The van der Waals surface area contributed by atoms with E-state index >= 15 is 0 Å². The minimum atomic E-state index is -0.823. The standard InChI is InChI=1S/C66H108N6O15/c1-16-45(8)61(70(13)65(80)54(43(4)5)38-56(75)60(44(6)7)69(11)12)57(83-14)39-59(77)72-29-17-18-55(72)62(84-15)47(10)64(79)68-51(36-42(2)3)23-24-53(74)41-87-40-48-19-21-50(22-20-48)67-63(78)46(9)37-52(73)27-32-85-34-35-86-33-28-58(76)71-30-25-49(26-31-71)66(81)82/h19-24,42-47,49,51,54-55,57,60-62H,16-18,25-41H2,1-15H3,(H,67,78)(H,68,79)(H,81,82)/b24-23+/t45-,46-,47+,51+,54-,55-,57+,60-,61-,62+/m0/s1. The van der Waals surface area contributed by atoms with Crippen LogP contribution in [0.3, 0.4) is 0 Å². The summed E-state index contributed by atoms with van der Waals surface area (Å²) >= 11 is 0. The lowest BCUT2D eigenvalue weighted by Crippen LogP contribution is -2.54. The zero-order valence-corrected chi connectivity index (χ0v) is 55.1. The van der Waals surface area contributed by atoms with E-state index in [1.54, 1.807) is 80.2 Å². The molecule has 5 amide bonds. The number of aliphatic carboxylic acids is 1. The van der Waals surface area contributed by atoms with E-state index in [2.05, 4.69) is 17.6 Å². The number of methoxy groups -OCH3 is 2. The van der Waals surface area contributed by atoms with Crippen molar-refractivity contribution in [1.29, 1.82) is 0 Å². The Hall–Kier alpha value is -5.45. The second kappa shape index (κ2) is 38.8. The zero-order valence-electron chi connectivity index (χ0n) is 55.1. The molecule has 87 heavy (non-hydrogen) atoms. The molecule has 21 nitrogen and oxygen atoms in total. The lowest BCUT2D eigenvalue weighted by atomic mass is 9.83. The number of likely N-dealkylation sites (N-methyl/N-ethyl adjacent to an activating group) is 2. The number of carboxylic acid groups (broad SMARTS) is 1. The van der Waals surface area contributed by atoms with E-state index < -0.39 is 60.0 Å². The summed E-state index contributed by atoms with van der Waals surface area (Å²) in [6, 6.07) is 5.33. The maximum Gasteiger partial charge on any atom is 0.306 e. The highest BCUT2D eigenvalue weighted by atomic mass is 16.5. The summed E-state index contributed by atoms with van der Waals surface area (Å²) in [4.78, 5) is 126. The van der Waals surface area contributed by atoms with Crippen LogP contribution in [0.4, 0.5) is 5.69 Å².